The van der Waals surface area contributed by atoms with Gasteiger partial charge in [-0.2, -0.15) is 0 Å². The Morgan fingerprint density at radius 3 is 2.56 bits per heavy atom. The van der Waals surface area contributed by atoms with Crippen LogP contribution in [0.2, 0.25) is 5.02 Å². The van der Waals surface area contributed by atoms with Crippen LogP contribution in [0.1, 0.15) is 46.1 Å². The molecule has 0 N–H and O–H groups in total. The Hall–Kier alpha value is -4.07. The van der Waals surface area contributed by atoms with E-state index in [1.54, 1.807) is 28.8 Å². The number of halogens is 3. The highest BCUT2D eigenvalue weighted by Gasteiger charge is 2.32. The van der Waals surface area contributed by atoms with Gasteiger partial charge in [-0.25, -0.2) is 13.8 Å². The largest absolute Gasteiger partial charge is 0.318 e. The molecule has 2 aromatic heterocycles. The van der Waals surface area contributed by atoms with Crippen LogP contribution in [0.15, 0.2) is 88.2 Å². The molecule has 204 valence electrons. The summed E-state index contributed by atoms with van der Waals surface area (Å²) in [7, 11) is 0. The Bertz CT molecular complexity index is 2090. The number of aryl methyl sites for hydroxylation is 2. The van der Waals surface area contributed by atoms with Gasteiger partial charge in [0.05, 0.1) is 21.3 Å². The van der Waals surface area contributed by atoms with Gasteiger partial charge in [-0.1, -0.05) is 59.3 Å². The van der Waals surface area contributed by atoms with Crippen LogP contribution < -0.4 is 14.9 Å². The average molecular weight is 584 g/mol. The van der Waals surface area contributed by atoms with E-state index in [4.69, 9.17) is 16.6 Å². The van der Waals surface area contributed by atoms with Crippen molar-refractivity contribution in [1.82, 2.24) is 9.13 Å². The van der Waals surface area contributed by atoms with Crippen molar-refractivity contribution in [3.63, 3.8) is 0 Å². The fraction of sp³-hybridized carbons (Fsp3) is 0.152. The SMILES string of the molecule is Cc1cc(/C=c2\sc3n(c2=O)[C@H](c2ccc(F)cc2)C2=C(N=3)c3ccccc3CC2)c(C)n1-c1ccc(F)c(Cl)c1. The quantitative estimate of drug-likeness (QED) is 0.234. The third-order valence-corrected chi connectivity index (χ3v) is 9.25. The molecule has 1 atom stereocenters. The molecular weight excluding hydrogens is 560 g/mol. The van der Waals surface area contributed by atoms with Gasteiger partial charge in [0.1, 0.15) is 11.6 Å². The fourth-order valence-electron chi connectivity index (χ4n) is 6.06. The van der Waals surface area contributed by atoms with Crippen molar-refractivity contribution in [2.75, 3.05) is 0 Å². The molecule has 2 aliphatic rings. The predicted octanol–water partition coefficient (Wildman–Crippen LogP) is 6.66. The Morgan fingerprint density at radius 2 is 1.78 bits per heavy atom. The maximum Gasteiger partial charge on any atom is 0.271 e. The maximum absolute atomic E-state index is 14.1. The summed E-state index contributed by atoms with van der Waals surface area (Å²) in [5.74, 6) is -0.789. The lowest BCUT2D eigenvalue weighted by molar-refractivity contribution is 0.581. The van der Waals surface area contributed by atoms with E-state index in [0.29, 0.717) is 9.33 Å². The van der Waals surface area contributed by atoms with Crippen LogP contribution in [-0.2, 0) is 6.42 Å². The highest BCUT2D eigenvalue weighted by Crippen LogP contribution is 2.41. The van der Waals surface area contributed by atoms with E-state index in [9.17, 15) is 13.6 Å². The molecule has 1 aliphatic carbocycles. The highest BCUT2D eigenvalue weighted by atomic mass is 35.5. The second-order valence-corrected chi connectivity index (χ2v) is 11.8. The third-order valence-electron chi connectivity index (χ3n) is 7.98. The first-order valence-corrected chi connectivity index (χ1v) is 14.5. The molecule has 4 nitrogen and oxygen atoms in total. The van der Waals surface area contributed by atoms with Gasteiger partial charge in [0, 0.05) is 22.6 Å². The first kappa shape index (κ1) is 25.9. The molecular formula is C33H24ClF2N3OS. The molecule has 0 amide bonds. The summed E-state index contributed by atoms with van der Waals surface area (Å²) in [5, 5.41) is 0.0520. The lowest BCUT2D eigenvalue weighted by Gasteiger charge is -2.30. The van der Waals surface area contributed by atoms with Gasteiger partial charge in [0.2, 0.25) is 0 Å². The summed E-state index contributed by atoms with van der Waals surface area (Å²) < 4.78 is 32.0. The summed E-state index contributed by atoms with van der Waals surface area (Å²) in [6.07, 6.45) is 3.52. The van der Waals surface area contributed by atoms with Crippen LogP contribution in [0.5, 0.6) is 0 Å². The number of rotatable bonds is 3. The highest BCUT2D eigenvalue weighted by molar-refractivity contribution is 7.07. The molecule has 0 saturated heterocycles. The van der Waals surface area contributed by atoms with Crippen LogP contribution in [0.25, 0.3) is 17.5 Å². The first-order valence-electron chi connectivity index (χ1n) is 13.3. The normalized spacial score (nSPS) is 16.3. The Kier molecular flexibility index (Phi) is 6.17. The van der Waals surface area contributed by atoms with Crippen LogP contribution in [0, 0.1) is 25.5 Å². The minimum atomic E-state index is -0.472. The zero-order valence-corrected chi connectivity index (χ0v) is 23.9. The molecule has 1 aliphatic heterocycles. The number of allylic oxidation sites excluding steroid dienone is 1. The van der Waals surface area contributed by atoms with Crippen LogP contribution in [0.3, 0.4) is 0 Å². The van der Waals surface area contributed by atoms with Crippen molar-refractivity contribution in [2.24, 2.45) is 4.99 Å². The summed E-state index contributed by atoms with van der Waals surface area (Å²) in [4.78, 5) is 19.7. The van der Waals surface area contributed by atoms with Gasteiger partial charge >= 0.3 is 0 Å². The number of thiazole rings is 1. The summed E-state index contributed by atoms with van der Waals surface area (Å²) in [5.41, 5.74) is 8.47. The molecule has 0 radical (unpaired) electrons. The van der Waals surface area contributed by atoms with E-state index in [2.05, 4.69) is 12.1 Å². The number of aromatic nitrogens is 2. The van der Waals surface area contributed by atoms with Crippen molar-refractivity contribution in [3.8, 4) is 5.69 Å². The smallest absolute Gasteiger partial charge is 0.271 e. The van der Waals surface area contributed by atoms with Gasteiger partial charge in [-0.3, -0.25) is 9.36 Å². The van der Waals surface area contributed by atoms with Crippen molar-refractivity contribution in [2.45, 2.75) is 32.7 Å². The van der Waals surface area contributed by atoms with Gasteiger partial charge in [-0.05, 0) is 91.4 Å². The number of nitrogens with zero attached hydrogens (tertiary/aromatic N) is 3. The predicted molar refractivity (Wildman–Crippen MR) is 159 cm³/mol. The van der Waals surface area contributed by atoms with Gasteiger partial charge in [-0.15, -0.1) is 0 Å². The van der Waals surface area contributed by atoms with E-state index < -0.39 is 5.82 Å². The Morgan fingerprint density at radius 1 is 1.00 bits per heavy atom. The Balaban J connectivity index is 1.43. The van der Waals surface area contributed by atoms with E-state index in [-0.39, 0.29) is 22.4 Å². The summed E-state index contributed by atoms with van der Waals surface area (Å²) in [6, 6.07) is 20.9. The van der Waals surface area contributed by atoms with Crippen LogP contribution in [0.4, 0.5) is 8.78 Å². The van der Waals surface area contributed by atoms with Gasteiger partial charge < -0.3 is 4.57 Å². The van der Waals surface area contributed by atoms with Crippen molar-refractivity contribution >= 4 is 34.7 Å². The average Bonchev–Trinajstić information content (AvgIpc) is 3.43. The first-order chi connectivity index (χ1) is 19.8. The molecule has 3 aromatic carbocycles. The van der Waals surface area contributed by atoms with Gasteiger partial charge in [0.25, 0.3) is 5.56 Å². The number of hydrogen-bond acceptors (Lipinski definition) is 3. The molecule has 0 spiro atoms. The number of hydrogen-bond donors (Lipinski definition) is 0. The summed E-state index contributed by atoms with van der Waals surface area (Å²) >= 11 is 7.42. The molecule has 0 unspecified atom stereocenters. The zero-order valence-electron chi connectivity index (χ0n) is 22.3. The lowest BCUT2D eigenvalue weighted by Crippen LogP contribution is -2.38. The van der Waals surface area contributed by atoms with Crippen molar-refractivity contribution in [1.29, 1.82) is 0 Å². The Labute approximate surface area is 243 Å². The molecule has 7 rings (SSSR count). The molecule has 0 saturated carbocycles. The molecule has 0 bridgehead atoms. The minimum Gasteiger partial charge on any atom is -0.318 e. The monoisotopic (exact) mass is 583 g/mol. The third kappa shape index (κ3) is 4.23. The topological polar surface area (TPSA) is 39.3 Å². The molecule has 0 fully saturated rings. The van der Waals surface area contributed by atoms with Crippen molar-refractivity contribution < 1.29 is 8.78 Å². The van der Waals surface area contributed by atoms with E-state index in [1.165, 1.54) is 35.1 Å². The number of fused-ring (bicyclic) bond motifs is 3. The molecule has 41 heavy (non-hydrogen) atoms. The minimum absolute atomic E-state index is 0.0520. The van der Waals surface area contributed by atoms with Crippen LogP contribution in [-0.4, -0.2) is 9.13 Å². The lowest BCUT2D eigenvalue weighted by atomic mass is 9.83. The maximum atomic E-state index is 14.1. The zero-order chi connectivity index (χ0) is 28.4. The van der Waals surface area contributed by atoms with Gasteiger partial charge in [0.15, 0.2) is 4.80 Å². The molecule has 5 aromatic rings. The van der Waals surface area contributed by atoms with Crippen LogP contribution >= 0.6 is 22.9 Å². The summed E-state index contributed by atoms with van der Waals surface area (Å²) in [6.45, 7) is 3.92. The second-order valence-electron chi connectivity index (χ2n) is 10.4. The van der Waals surface area contributed by atoms with Crippen molar-refractivity contribution in [3.05, 3.63) is 148 Å². The second kappa shape index (κ2) is 9.79. The van der Waals surface area contributed by atoms with E-state index in [1.807, 2.05) is 42.7 Å². The molecule has 3 heterocycles. The van der Waals surface area contributed by atoms with E-state index >= 15 is 0 Å². The van der Waals surface area contributed by atoms with E-state index in [0.717, 1.165) is 57.9 Å². The number of benzene rings is 3. The standard InChI is InChI=1S/C33H24ClF2N3OS/c1-18-15-22(19(2)38(18)24-12-14-28(36)27(34)17-24)16-29-32(40)39-31(21-7-10-23(35)11-8-21)26-13-9-20-5-3-4-6-25(20)30(26)37-33(39)41-29/h3-8,10-12,14-17,31H,9,13H2,1-2H3/b29-16-/t31-/m1/s1. The fourth-order valence-corrected chi connectivity index (χ4v) is 7.23. The molecule has 8 heteroatoms.